The molecule has 2 heterocycles. The van der Waals surface area contributed by atoms with Crippen LogP contribution in [0.25, 0.3) is 5.82 Å². The molecule has 1 saturated carbocycles. The summed E-state index contributed by atoms with van der Waals surface area (Å²) >= 11 is 0. The van der Waals surface area contributed by atoms with Gasteiger partial charge >= 0.3 is 6.18 Å². The topological polar surface area (TPSA) is 30.7 Å². The second-order valence-electron chi connectivity index (χ2n) is 4.33. The minimum Gasteiger partial charge on any atom is -0.237 e. The molecule has 0 aliphatic heterocycles. The van der Waals surface area contributed by atoms with Gasteiger partial charge in [-0.05, 0) is 31.0 Å². The molecule has 0 amide bonds. The second kappa shape index (κ2) is 3.83. The van der Waals surface area contributed by atoms with Crippen molar-refractivity contribution in [1.29, 1.82) is 0 Å². The van der Waals surface area contributed by atoms with Crippen molar-refractivity contribution in [3.8, 4) is 5.82 Å². The largest absolute Gasteiger partial charge is 0.435 e. The zero-order valence-corrected chi connectivity index (χ0v) is 9.35. The van der Waals surface area contributed by atoms with Gasteiger partial charge in [0.2, 0.25) is 0 Å². The first-order valence-electron chi connectivity index (χ1n) is 5.64. The summed E-state index contributed by atoms with van der Waals surface area (Å²) in [6, 6.07) is 6.23. The molecule has 1 fully saturated rings. The highest BCUT2D eigenvalue weighted by molar-refractivity contribution is 5.30. The highest BCUT2D eigenvalue weighted by Gasteiger charge is 2.38. The lowest BCUT2D eigenvalue weighted by Crippen LogP contribution is -2.08. The van der Waals surface area contributed by atoms with Gasteiger partial charge in [-0.25, -0.2) is 9.67 Å². The van der Waals surface area contributed by atoms with Gasteiger partial charge in [-0.1, -0.05) is 6.07 Å². The summed E-state index contributed by atoms with van der Waals surface area (Å²) < 4.78 is 39.4. The van der Waals surface area contributed by atoms with Crippen LogP contribution < -0.4 is 0 Å². The Morgan fingerprint density at radius 1 is 1.22 bits per heavy atom. The predicted octanol–water partition coefficient (Wildman–Crippen LogP) is 3.16. The molecular formula is C12H10F3N3. The number of nitrogens with zero attached hydrogens (tertiary/aromatic N) is 3. The van der Waals surface area contributed by atoms with Crippen LogP contribution in [0.4, 0.5) is 13.2 Å². The van der Waals surface area contributed by atoms with E-state index in [2.05, 4.69) is 10.1 Å². The lowest BCUT2D eigenvalue weighted by Gasteiger charge is -2.04. The first-order valence-corrected chi connectivity index (χ1v) is 5.64. The van der Waals surface area contributed by atoms with E-state index in [1.54, 1.807) is 24.4 Å². The molecule has 2 aromatic heterocycles. The molecule has 0 saturated heterocycles. The number of hydrogen-bond acceptors (Lipinski definition) is 2. The molecule has 18 heavy (non-hydrogen) atoms. The van der Waals surface area contributed by atoms with Crippen LogP contribution in [0.1, 0.15) is 30.1 Å². The Morgan fingerprint density at radius 3 is 2.56 bits per heavy atom. The SMILES string of the molecule is FC(F)(F)c1cc(C2CC2)n(-c2ccccn2)n1. The van der Waals surface area contributed by atoms with Crippen molar-refractivity contribution in [2.45, 2.75) is 24.9 Å². The molecule has 0 spiro atoms. The summed E-state index contributed by atoms with van der Waals surface area (Å²) in [4.78, 5) is 4.05. The van der Waals surface area contributed by atoms with E-state index in [4.69, 9.17) is 0 Å². The van der Waals surface area contributed by atoms with Crippen LogP contribution in [0.5, 0.6) is 0 Å². The van der Waals surface area contributed by atoms with Crippen molar-refractivity contribution in [3.63, 3.8) is 0 Å². The molecule has 0 N–H and O–H groups in total. The summed E-state index contributed by atoms with van der Waals surface area (Å²) in [6.07, 6.45) is -1.05. The number of halogens is 3. The fraction of sp³-hybridized carbons (Fsp3) is 0.333. The summed E-state index contributed by atoms with van der Waals surface area (Å²) in [5.41, 5.74) is -0.254. The zero-order valence-electron chi connectivity index (χ0n) is 9.35. The molecule has 0 unspecified atom stereocenters. The number of pyridine rings is 1. The van der Waals surface area contributed by atoms with Crippen molar-refractivity contribution >= 4 is 0 Å². The van der Waals surface area contributed by atoms with Gasteiger partial charge in [0.1, 0.15) is 0 Å². The van der Waals surface area contributed by atoms with Gasteiger partial charge in [-0.3, -0.25) is 0 Å². The number of aromatic nitrogens is 3. The Labute approximate surface area is 101 Å². The van der Waals surface area contributed by atoms with E-state index >= 15 is 0 Å². The lowest BCUT2D eigenvalue weighted by molar-refractivity contribution is -0.141. The van der Waals surface area contributed by atoms with Crippen LogP contribution in [-0.4, -0.2) is 14.8 Å². The minimum absolute atomic E-state index is 0.176. The van der Waals surface area contributed by atoms with E-state index in [1.165, 1.54) is 4.68 Å². The average Bonchev–Trinajstić information content (AvgIpc) is 3.07. The second-order valence-corrected chi connectivity index (χ2v) is 4.33. The maximum atomic E-state index is 12.7. The summed E-state index contributed by atoms with van der Waals surface area (Å²) in [5.74, 6) is 0.602. The van der Waals surface area contributed by atoms with Crippen molar-refractivity contribution < 1.29 is 13.2 Å². The molecule has 0 atom stereocenters. The molecule has 1 aliphatic carbocycles. The Balaban J connectivity index is 2.10. The molecule has 1 aliphatic rings. The first-order chi connectivity index (χ1) is 8.55. The van der Waals surface area contributed by atoms with Crippen molar-refractivity contribution in [2.24, 2.45) is 0 Å². The summed E-state index contributed by atoms with van der Waals surface area (Å²) in [5, 5.41) is 3.64. The van der Waals surface area contributed by atoms with Gasteiger partial charge in [0.25, 0.3) is 0 Å². The molecule has 0 bridgehead atoms. The quantitative estimate of drug-likeness (QED) is 0.823. The molecule has 0 aromatic carbocycles. The normalized spacial score (nSPS) is 15.9. The third-order valence-corrected chi connectivity index (χ3v) is 2.89. The molecule has 3 rings (SSSR count). The fourth-order valence-corrected chi connectivity index (χ4v) is 1.87. The molecule has 2 aromatic rings. The maximum absolute atomic E-state index is 12.7. The number of alkyl halides is 3. The Kier molecular flexibility index (Phi) is 2.39. The van der Waals surface area contributed by atoms with Crippen molar-refractivity contribution in [1.82, 2.24) is 14.8 Å². The van der Waals surface area contributed by atoms with Gasteiger partial charge in [0.15, 0.2) is 11.5 Å². The molecule has 94 valence electrons. The van der Waals surface area contributed by atoms with E-state index in [9.17, 15) is 13.2 Å². The third kappa shape index (κ3) is 1.98. The highest BCUT2D eigenvalue weighted by Crippen LogP contribution is 2.42. The van der Waals surface area contributed by atoms with E-state index in [-0.39, 0.29) is 5.92 Å². The van der Waals surface area contributed by atoms with Crippen molar-refractivity contribution in [3.05, 3.63) is 41.9 Å². The van der Waals surface area contributed by atoms with E-state index < -0.39 is 11.9 Å². The van der Waals surface area contributed by atoms with Gasteiger partial charge < -0.3 is 0 Å². The molecule has 0 radical (unpaired) electrons. The lowest BCUT2D eigenvalue weighted by atomic mass is 10.2. The van der Waals surface area contributed by atoms with E-state index in [1.807, 2.05) is 0 Å². The highest BCUT2D eigenvalue weighted by atomic mass is 19.4. The Hall–Kier alpha value is -1.85. The van der Waals surface area contributed by atoms with Crippen LogP contribution in [0, 0.1) is 0 Å². The predicted molar refractivity (Wildman–Crippen MR) is 58.3 cm³/mol. The van der Waals surface area contributed by atoms with E-state index in [0.717, 1.165) is 18.9 Å². The third-order valence-electron chi connectivity index (χ3n) is 2.89. The minimum atomic E-state index is -4.41. The number of hydrogen-bond donors (Lipinski definition) is 0. The van der Waals surface area contributed by atoms with Gasteiger partial charge in [-0.2, -0.15) is 18.3 Å². The van der Waals surface area contributed by atoms with Crippen LogP contribution >= 0.6 is 0 Å². The standard InChI is InChI=1S/C12H10F3N3/c13-12(14,15)10-7-9(8-4-5-8)18(17-10)11-3-1-2-6-16-11/h1-3,6-8H,4-5H2. The van der Waals surface area contributed by atoms with Crippen LogP contribution in [0.2, 0.25) is 0 Å². The molecule has 3 nitrogen and oxygen atoms in total. The smallest absolute Gasteiger partial charge is 0.237 e. The first kappa shape index (κ1) is 11.3. The fourth-order valence-electron chi connectivity index (χ4n) is 1.87. The Morgan fingerprint density at radius 2 is 2.00 bits per heavy atom. The molecule has 6 heteroatoms. The number of rotatable bonds is 2. The maximum Gasteiger partial charge on any atom is 0.435 e. The van der Waals surface area contributed by atoms with Crippen LogP contribution in [0.15, 0.2) is 30.5 Å². The van der Waals surface area contributed by atoms with Crippen LogP contribution in [-0.2, 0) is 6.18 Å². The Bertz CT molecular complexity index is 556. The zero-order chi connectivity index (χ0) is 12.8. The van der Waals surface area contributed by atoms with Crippen molar-refractivity contribution in [2.75, 3.05) is 0 Å². The average molecular weight is 253 g/mol. The van der Waals surface area contributed by atoms with Gasteiger partial charge in [0, 0.05) is 17.8 Å². The van der Waals surface area contributed by atoms with Gasteiger partial charge in [0.05, 0.1) is 0 Å². The summed E-state index contributed by atoms with van der Waals surface area (Å²) in [6.45, 7) is 0. The van der Waals surface area contributed by atoms with Gasteiger partial charge in [-0.15, -0.1) is 0 Å². The summed E-state index contributed by atoms with van der Waals surface area (Å²) in [7, 11) is 0. The van der Waals surface area contributed by atoms with Crippen LogP contribution in [0.3, 0.4) is 0 Å². The monoisotopic (exact) mass is 253 g/mol. The van der Waals surface area contributed by atoms with E-state index in [0.29, 0.717) is 11.5 Å². The molecular weight excluding hydrogens is 243 g/mol.